The number of aromatic nitrogens is 1. The molecule has 7 nitrogen and oxygen atoms in total. The zero-order valence-corrected chi connectivity index (χ0v) is 12.6. The summed E-state index contributed by atoms with van der Waals surface area (Å²) in [6.07, 6.45) is 0.120. The minimum atomic E-state index is -0.410. The van der Waals surface area contributed by atoms with Crippen LogP contribution < -0.4 is 16.0 Å². The lowest BCUT2D eigenvalue weighted by atomic mass is 10.3. The van der Waals surface area contributed by atoms with Crippen molar-refractivity contribution >= 4 is 35.0 Å². The van der Waals surface area contributed by atoms with Crippen molar-refractivity contribution in [3.05, 3.63) is 41.1 Å². The predicted octanol–water partition coefficient (Wildman–Crippen LogP) is 2.79. The Bertz CT molecular complexity index is 672. The third-order valence-corrected chi connectivity index (χ3v) is 2.85. The second-order valence-corrected chi connectivity index (χ2v) is 4.95. The van der Waals surface area contributed by atoms with E-state index < -0.39 is 6.03 Å². The van der Waals surface area contributed by atoms with Gasteiger partial charge in [-0.1, -0.05) is 22.8 Å². The number of benzene rings is 1. The summed E-state index contributed by atoms with van der Waals surface area (Å²) < 4.78 is 4.83. The van der Waals surface area contributed by atoms with E-state index in [4.69, 9.17) is 16.1 Å². The topological polar surface area (TPSA) is 96.3 Å². The summed E-state index contributed by atoms with van der Waals surface area (Å²) >= 11 is 5.81. The molecule has 1 aromatic carbocycles. The second kappa shape index (κ2) is 7.46. The lowest BCUT2D eigenvalue weighted by Crippen LogP contribution is -2.31. The zero-order valence-electron chi connectivity index (χ0n) is 11.9. The maximum Gasteiger partial charge on any atom is 0.319 e. The van der Waals surface area contributed by atoms with E-state index in [0.29, 0.717) is 22.3 Å². The van der Waals surface area contributed by atoms with Crippen molar-refractivity contribution in [1.29, 1.82) is 0 Å². The summed E-state index contributed by atoms with van der Waals surface area (Å²) in [4.78, 5) is 23.3. The van der Waals surface area contributed by atoms with Crippen molar-refractivity contribution in [1.82, 2.24) is 10.5 Å². The third kappa shape index (κ3) is 5.10. The van der Waals surface area contributed by atoms with Crippen LogP contribution in [0.2, 0.25) is 5.02 Å². The number of nitrogens with one attached hydrogen (secondary N) is 3. The van der Waals surface area contributed by atoms with Crippen LogP contribution in [0.3, 0.4) is 0 Å². The Hall–Kier alpha value is -2.54. The third-order valence-electron chi connectivity index (χ3n) is 2.62. The molecule has 2 aromatic rings. The Morgan fingerprint density at radius 3 is 2.77 bits per heavy atom. The Labute approximate surface area is 132 Å². The van der Waals surface area contributed by atoms with Crippen molar-refractivity contribution in [3.63, 3.8) is 0 Å². The van der Waals surface area contributed by atoms with E-state index >= 15 is 0 Å². The van der Waals surface area contributed by atoms with E-state index in [-0.39, 0.29) is 18.9 Å². The summed E-state index contributed by atoms with van der Waals surface area (Å²) in [6, 6.07) is 7.97. The maximum atomic E-state index is 11.6. The van der Waals surface area contributed by atoms with Crippen LogP contribution in [0.25, 0.3) is 0 Å². The fourth-order valence-electron chi connectivity index (χ4n) is 1.66. The monoisotopic (exact) mass is 322 g/mol. The number of urea groups is 1. The lowest BCUT2D eigenvalue weighted by Gasteiger charge is -2.07. The molecular weight excluding hydrogens is 308 g/mol. The molecule has 0 saturated heterocycles. The molecular formula is C14H15ClN4O3. The van der Waals surface area contributed by atoms with Gasteiger partial charge in [0.2, 0.25) is 5.91 Å². The van der Waals surface area contributed by atoms with E-state index in [1.807, 2.05) is 0 Å². The van der Waals surface area contributed by atoms with Gasteiger partial charge in [0.05, 0.1) is 0 Å². The number of rotatable bonds is 5. The van der Waals surface area contributed by atoms with Crippen LogP contribution >= 0.6 is 11.6 Å². The van der Waals surface area contributed by atoms with Gasteiger partial charge in [0.15, 0.2) is 5.82 Å². The number of halogens is 1. The molecule has 1 aromatic heterocycles. The molecule has 0 aliphatic rings. The molecule has 0 spiro atoms. The first kappa shape index (κ1) is 15.8. The SMILES string of the molecule is Cc1cc(NC(=O)CCNC(=O)Nc2cccc(Cl)c2)no1. The van der Waals surface area contributed by atoms with E-state index in [1.165, 1.54) is 0 Å². The van der Waals surface area contributed by atoms with E-state index in [9.17, 15) is 9.59 Å². The quantitative estimate of drug-likeness (QED) is 0.788. The van der Waals surface area contributed by atoms with Gasteiger partial charge in [-0.05, 0) is 25.1 Å². The van der Waals surface area contributed by atoms with Crippen LogP contribution in [0, 0.1) is 6.92 Å². The number of carbonyl (C=O) groups is 2. The van der Waals surface area contributed by atoms with Crippen LogP contribution in [0.5, 0.6) is 0 Å². The van der Waals surface area contributed by atoms with Crippen LogP contribution in [0.15, 0.2) is 34.9 Å². The fourth-order valence-corrected chi connectivity index (χ4v) is 1.85. The highest BCUT2D eigenvalue weighted by Crippen LogP contribution is 2.14. The number of nitrogens with zero attached hydrogens (tertiary/aromatic N) is 1. The summed E-state index contributed by atoms with van der Waals surface area (Å²) in [5.74, 6) is 0.691. The summed E-state index contributed by atoms with van der Waals surface area (Å²) in [5, 5.41) is 11.9. The van der Waals surface area contributed by atoms with Gasteiger partial charge in [0.25, 0.3) is 0 Å². The molecule has 3 amide bonds. The Balaban J connectivity index is 1.69. The van der Waals surface area contributed by atoms with Crippen molar-refractivity contribution in [2.75, 3.05) is 17.2 Å². The van der Waals surface area contributed by atoms with Gasteiger partial charge < -0.3 is 20.5 Å². The standard InChI is InChI=1S/C14H15ClN4O3/c1-9-7-12(19-22-9)18-13(20)5-6-16-14(21)17-11-4-2-3-10(15)8-11/h2-4,7-8H,5-6H2,1H3,(H2,16,17,21)(H,18,19,20). The number of carbonyl (C=O) groups excluding carboxylic acids is 2. The molecule has 0 fully saturated rings. The normalized spacial score (nSPS) is 10.1. The van der Waals surface area contributed by atoms with Gasteiger partial charge in [-0.3, -0.25) is 4.79 Å². The van der Waals surface area contributed by atoms with Gasteiger partial charge in [-0.2, -0.15) is 0 Å². The molecule has 0 aliphatic carbocycles. The van der Waals surface area contributed by atoms with Crippen molar-refractivity contribution < 1.29 is 14.1 Å². The molecule has 0 radical (unpaired) electrons. The highest BCUT2D eigenvalue weighted by molar-refractivity contribution is 6.30. The first-order chi connectivity index (χ1) is 10.5. The van der Waals surface area contributed by atoms with Gasteiger partial charge in [-0.15, -0.1) is 0 Å². The average Bonchev–Trinajstić information content (AvgIpc) is 2.84. The molecule has 3 N–H and O–H groups in total. The smallest absolute Gasteiger partial charge is 0.319 e. The zero-order chi connectivity index (χ0) is 15.9. The molecule has 0 bridgehead atoms. The molecule has 22 heavy (non-hydrogen) atoms. The number of amides is 3. The second-order valence-electron chi connectivity index (χ2n) is 4.51. The van der Waals surface area contributed by atoms with Crippen LogP contribution in [0.1, 0.15) is 12.2 Å². The minimum absolute atomic E-state index is 0.120. The summed E-state index contributed by atoms with van der Waals surface area (Å²) in [7, 11) is 0. The molecule has 116 valence electrons. The Morgan fingerprint density at radius 2 is 2.09 bits per heavy atom. The predicted molar refractivity (Wildman–Crippen MR) is 83.0 cm³/mol. The molecule has 1 heterocycles. The van der Waals surface area contributed by atoms with E-state index in [0.717, 1.165) is 0 Å². The van der Waals surface area contributed by atoms with E-state index in [2.05, 4.69) is 21.1 Å². The first-order valence-electron chi connectivity index (χ1n) is 6.56. The molecule has 0 atom stereocenters. The largest absolute Gasteiger partial charge is 0.360 e. The number of hydrogen-bond donors (Lipinski definition) is 3. The van der Waals surface area contributed by atoms with Gasteiger partial charge >= 0.3 is 6.03 Å². The fraction of sp³-hybridized carbons (Fsp3) is 0.214. The van der Waals surface area contributed by atoms with E-state index in [1.54, 1.807) is 37.3 Å². The molecule has 2 rings (SSSR count). The molecule has 0 aliphatic heterocycles. The van der Waals surface area contributed by atoms with Crippen molar-refractivity contribution in [3.8, 4) is 0 Å². The van der Waals surface area contributed by atoms with Gasteiger partial charge in [0.1, 0.15) is 5.76 Å². The van der Waals surface area contributed by atoms with Crippen LogP contribution in [-0.2, 0) is 4.79 Å². The minimum Gasteiger partial charge on any atom is -0.360 e. The Morgan fingerprint density at radius 1 is 1.27 bits per heavy atom. The number of aryl methyl sites for hydroxylation is 1. The Kier molecular flexibility index (Phi) is 5.37. The molecule has 0 unspecified atom stereocenters. The number of anilines is 2. The maximum absolute atomic E-state index is 11.6. The number of hydrogen-bond acceptors (Lipinski definition) is 4. The summed E-state index contributed by atoms with van der Waals surface area (Å²) in [5.41, 5.74) is 0.576. The average molecular weight is 323 g/mol. The first-order valence-corrected chi connectivity index (χ1v) is 6.94. The van der Waals surface area contributed by atoms with Crippen LogP contribution in [0.4, 0.5) is 16.3 Å². The molecule has 8 heteroatoms. The summed E-state index contributed by atoms with van der Waals surface area (Å²) in [6.45, 7) is 1.92. The van der Waals surface area contributed by atoms with Crippen molar-refractivity contribution in [2.45, 2.75) is 13.3 Å². The highest BCUT2D eigenvalue weighted by Gasteiger charge is 2.07. The van der Waals surface area contributed by atoms with Crippen LogP contribution in [-0.4, -0.2) is 23.6 Å². The van der Waals surface area contributed by atoms with Gasteiger partial charge in [0, 0.05) is 29.7 Å². The van der Waals surface area contributed by atoms with Crippen molar-refractivity contribution in [2.24, 2.45) is 0 Å². The lowest BCUT2D eigenvalue weighted by molar-refractivity contribution is -0.116. The molecule has 0 saturated carbocycles. The highest BCUT2D eigenvalue weighted by atomic mass is 35.5. The van der Waals surface area contributed by atoms with Gasteiger partial charge in [-0.25, -0.2) is 4.79 Å².